The number of carbonyl (C=O) groups excluding carboxylic acids is 1. The maximum atomic E-state index is 12.0. The molecule has 1 rings (SSSR count). The molecule has 0 aromatic carbocycles. The first kappa shape index (κ1) is 12.7. The molecule has 2 atom stereocenters. The van der Waals surface area contributed by atoms with E-state index >= 15 is 0 Å². The van der Waals surface area contributed by atoms with Crippen molar-refractivity contribution in [1.82, 2.24) is 0 Å². The number of hydrogen-bond donors (Lipinski definition) is 0. The highest BCUT2D eigenvalue weighted by molar-refractivity contribution is 5.81. The van der Waals surface area contributed by atoms with Crippen LogP contribution in [0.4, 0.5) is 0 Å². The molecule has 1 saturated carbocycles. The fraction of sp³-hybridized carbons (Fsp3) is 0.923. The third-order valence-corrected chi connectivity index (χ3v) is 3.80. The summed E-state index contributed by atoms with van der Waals surface area (Å²) in [5.74, 6) is 1.38. The lowest BCUT2D eigenvalue weighted by molar-refractivity contribution is -0.125. The van der Waals surface area contributed by atoms with Crippen LogP contribution in [-0.2, 0) is 9.53 Å². The highest BCUT2D eigenvalue weighted by Gasteiger charge is 2.30. The van der Waals surface area contributed by atoms with Gasteiger partial charge in [-0.1, -0.05) is 13.3 Å². The highest BCUT2D eigenvalue weighted by atomic mass is 16.5. The van der Waals surface area contributed by atoms with Crippen LogP contribution in [0.25, 0.3) is 0 Å². The summed E-state index contributed by atoms with van der Waals surface area (Å²) >= 11 is 0. The Kier molecular flexibility index (Phi) is 4.32. The van der Waals surface area contributed by atoms with Crippen LogP contribution in [0.15, 0.2) is 0 Å². The monoisotopic (exact) mass is 212 g/mol. The van der Waals surface area contributed by atoms with Gasteiger partial charge >= 0.3 is 0 Å². The first-order valence-electron chi connectivity index (χ1n) is 6.04. The van der Waals surface area contributed by atoms with Gasteiger partial charge in [0.2, 0.25) is 0 Å². The summed E-state index contributed by atoms with van der Waals surface area (Å²) in [5, 5.41) is 0. The molecule has 2 nitrogen and oxygen atoms in total. The molecular weight excluding hydrogens is 188 g/mol. The van der Waals surface area contributed by atoms with Crippen LogP contribution in [-0.4, -0.2) is 18.5 Å². The number of ketones is 1. The molecule has 0 spiro atoms. The van der Waals surface area contributed by atoms with Crippen molar-refractivity contribution < 1.29 is 9.53 Å². The zero-order chi connectivity index (χ0) is 11.5. The van der Waals surface area contributed by atoms with Gasteiger partial charge in [-0.05, 0) is 39.0 Å². The predicted octanol–water partition coefficient (Wildman–Crippen LogP) is 3.20. The molecule has 0 aromatic heterocycles. The van der Waals surface area contributed by atoms with Crippen LogP contribution in [0.2, 0.25) is 0 Å². The Labute approximate surface area is 93.4 Å². The molecule has 0 saturated heterocycles. The van der Waals surface area contributed by atoms with Gasteiger partial charge in [0.05, 0.1) is 5.60 Å². The Hall–Kier alpha value is -0.370. The zero-order valence-electron chi connectivity index (χ0n) is 10.5. The average molecular weight is 212 g/mol. The molecule has 1 aliphatic rings. The molecule has 1 aliphatic carbocycles. The minimum atomic E-state index is -0.155. The van der Waals surface area contributed by atoms with E-state index in [-0.39, 0.29) is 5.60 Å². The fourth-order valence-corrected chi connectivity index (χ4v) is 2.34. The Morgan fingerprint density at radius 3 is 2.53 bits per heavy atom. The Morgan fingerprint density at radius 2 is 2.07 bits per heavy atom. The summed E-state index contributed by atoms with van der Waals surface area (Å²) in [7, 11) is 1.71. The van der Waals surface area contributed by atoms with Gasteiger partial charge in [0.1, 0.15) is 5.78 Å². The van der Waals surface area contributed by atoms with E-state index in [0.29, 0.717) is 24.0 Å². The minimum absolute atomic E-state index is 0.155. The van der Waals surface area contributed by atoms with Crippen LogP contribution in [0.5, 0.6) is 0 Å². The maximum Gasteiger partial charge on any atom is 0.136 e. The topological polar surface area (TPSA) is 26.3 Å². The molecule has 88 valence electrons. The van der Waals surface area contributed by atoms with Crippen molar-refractivity contribution in [2.45, 2.75) is 58.5 Å². The highest BCUT2D eigenvalue weighted by Crippen LogP contribution is 2.33. The Bertz CT molecular complexity index is 221. The van der Waals surface area contributed by atoms with Gasteiger partial charge in [-0.25, -0.2) is 0 Å². The van der Waals surface area contributed by atoms with Crippen LogP contribution >= 0.6 is 0 Å². The van der Waals surface area contributed by atoms with Crippen molar-refractivity contribution in [2.75, 3.05) is 7.11 Å². The van der Waals surface area contributed by atoms with Crippen LogP contribution in [0.1, 0.15) is 52.9 Å². The quantitative estimate of drug-likeness (QED) is 0.699. The third kappa shape index (κ3) is 3.60. The molecule has 0 radical (unpaired) electrons. The van der Waals surface area contributed by atoms with Crippen molar-refractivity contribution in [3.05, 3.63) is 0 Å². The number of methoxy groups -OCH3 is 1. The van der Waals surface area contributed by atoms with Gasteiger partial charge in [-0.2, -0.15) is 0 Å². The van der Waals surface area contributed by atoms with Crippen molar-refractivity contribution >= 4 is 5.78 Å². The lowest BCUT2D eigenvalue weighted by Crippen LogP contribution is -2.26. The zero-order valence-corrected chi connectivity index (χ0v) is 10.5. The van der Waals surface area contributed by atoms with Crippen molar-refractivity contribution in [1.29, 1.82) is 0 Å². The molecule has 2 unspecified atom stereocenters. The second kappa shape index (κ2) is 5.11. The lowest BCUT2D eigenvalue weighted by Gasteiger charge is -2.23. The number of Topliss-reactive ketones (excluding diaryl/α,β-unsaturated/α-hetero) is 1. The molecule has 0 bridgehead atoms. The molecule has 0 aromatic rings. The number of rotatable bonds is 5. The summed E-state index contributed by atoms with van der Waals surface area (Å²) in [6.07, 6.45) is 5.07. The summed E-state index contributed by atoms with van der Waals surface area (Å²) < 4.78 is 5.33. The van der Waals surface area contributed by atoms with E-state index in [4.69, 9.17) is 4.74 Å². The smallest absolute Gasteiger partial charge is 0.136 e. The predicted molar refractivity (Wildman–Crippen MR) is 61.8 cm³/mol. The van der Waals surface area contributed by atoms with Gasteiger partial charge in [0.15, 0.2) is 0 Å². The van der Waals surface area contributed by atoms with E-state index in [9.17, 15) is 4.79 Å². The lowest BCUT2D eigenvalue weighted by atomic mass is 9.89. The van der Waals surface area contributed by atoms with Crippen LogP contribution in [0.3, 0.4) is 0 Å². The van der Waals surface area contributed by atoms with Crippen molar-refractivity contribution in [2.24, 2.45) is 11.8 Å². The molecule has 2 heteroatoms. The SMILES string of the molecule is COC(C)(C)CCC(=O)C1CCCC1C. The molecular formula is C13H24O2. The maximum absolute atomic E-state index is 12.0. The summed E-state index contributed by atoms with van der Waals surface area (Å²) in [6, 6.07) is 0. The average Bonchev–Trinajstić information content (AvgIpc) is 2.61. The normalized spacial score (nSPS) is 26.9. The minimum Gasteiger partial charge on any atom is -0.379 e. The van der Waals surface area contributed by atoms with Gasteiger partial charge in [0, 0.05) is 19.4 Å². The van der Waals surface area contributed by atoms with Gasteiger partial charge in [-0.3, -0.25) is 4.79 Å². The molecule has 15 heavy (non-hydrogen) atoms. The first-order chi connectivity index (χ1) is 6.96. The largest absolute Gasteiger partial charge is 0.379 e. The first-order valence-corrected chi connectivity index (χ1v) is 6.04. The molecule has 0 aliphatic heterocycles. The van der Waals surface area contributed by atoms with E-state index < -0.39 is 0 Å². The van der Waals surface area contributed by atoms with E-state index in [0.717, 1.165) is 12.8 Å². The molecule has 0 heterocycles. The fourth-order valence-electron chi connectivity index (χ4n) is 2.34. The second-order valence-electron chi connectivity index (χ2n) is 5.44. The summed E-state index contributed by atoms with van der Waals surface area (Å²) in [6.45, 7) is 6.29. The number of ether oxygens (including phenoxy) is 1. The van der Waals surface area contributed by atoms with E-state index in [2.05, 4.69) is 6.92 Å². The van der Waals surface area contributed by atoms with Gasteiger partial charge < -0.3 is 4.74 Å². The van der Waals surface area contributed by atoms with Gasteiger partial charge in [0.25, 0.3) is 0 Å². The Morgan fingerprint density at radius 1 is 1.40 bits per heavy atom. The number of carbonyl (C=O) groups is 1. The van der Waals surface area contributed by atoms with Crippen molar-refractivity contribution in [3.63, 3.8) is 0 Å². The van der Waals surface area contributed by atoms with E-state index in [1.807, 2.05) is 13.8 Å². The van der Waals surface area contributed by atoms with Crippen LogP contribution in [0, 0.1) is 11.8 Å². The van der Waals surface area contributed by atoms with Gasteiger partial charge in [-0.15, -0.1) is 0 Å². The molecule has 0 N–H and O–H groups in total. The third-order valence-electron chi connectivity index (χ3n) is 3.80. The summed E-state index contributed by atoms with van der Waals surface area (Å²) in [5.41, 5.74) is -0.155. The standard InChI is InChI=1S/C13H24O2/c1-10-6-5-7-11(10)12(14)8-9-13(2,3)15-4/h10-11H,5-9H2,1-4H3. The second-order valence-corrected chi connectivity index (χ2v) is 5.44. The van der Waals surface area contributed by atoms with E-state index in [1.54, 1.807) is 7.11 Å². The number of hydrogen-bond acceptors (Lipinski definition) is 2. The van der Waals surface area contributed by atoms with Crippen molar-refractivity contribution in [3.8, 4) is 0 Å². The molecule has 1 fully saturated rings. The van der Waals surface area contributed by atoms with Crippen LogP contribution < -0.4 is 0 Å². The summed E-state index contributed by atoms with van der Waals surface area (Å²) in [4.78, 5) is 12.0. The van der Waals surface area contributed by atoms with E-state index in [1.165, 1.54) is 12.8 Å². The Balaban J connectivity index is 2.36. The molecule has 0 amide bonds.